The monoisotopic (exact) mass is 260 g/mol. The predicted octanol–water partition coefficient (Wildman–Crippen LogP) is 2.90. The molecule has 0 saturated heterocycles. The van der Waals surface area contributed by atoms with Crippen molar-refractivity contribution in [3.63, 3.8) is 0 Å². The highest BCUT2D eigenvalue weighted by molar-refractivity contribution is 5.89. The first-order valence-corrected chi connectivity index (χ1v) is 6.12. The second-order valence-electron chi connectivity index (χ2n) is 4.89. The summed E-state index contributed by atoms with van der Waals surface area (Å²) in [6, 6.07) is 7.21. The lowest BCUT2D eigenvalue weighted by Gasteiger charge is -2.24. The van der Waals surface area contributed by atoms with E-state index in [9.17, 15) is 4.79 Å². The summed E-state index contributed by atoms with van der Waals surface area (Å²) in [6.07, 6.45) is 0.785. The van der Waals surface area contributed by atoms with Crippen molar-refractivity contribution in [2.45, 2.75) is 32.8 Å². The van der Waals surface area contributed by atoms with Crippen LogP contribution in [0.15, 0.2) is 24.3 Å². The third-order valence-corrected chi connectivity index (χ3v) is 2.98. The second kappa shape index (κ2) is 4.84. The number of benzene rings is 1. The van der Waals surface area contributed by atoms with Gasteiger partial charge in [-0.2, -0.15) is 4.98 Å². The first kappa shape index (κ1) is 13.3. The molecule has 0 radical (unpaired) electrons. The van der Waals surface area contributed by atoms with Gasteiger partial charge < -0.3 is 9.84 Å². The molecule has 1 aromatic heterocycles. The Morgan fingerprint density at radius 3 is 2.63 bits per heavy atom. The summed E-state index contributed by atoms with van der Waals surface area (Å²) in [4.78, 5) is 19.1. The molecule has 0 fully saturated rings. The van der Waals surface area contributed by atoms with Crippen LogP contribution in [0.4, 0.5) is 0 Å². The van der Waals surface area contributed by atoms with E-state index in [1.54, 1.807) is 12.1 Å². The normalized spacial score (nSPS) is 11.5. The van der Waals surface area contributed by atoms with Crippen LogP contribution in [0.2, 0.25) is 0 Å². The number of carbonyl (C=O) groups is 1. The van der Waals surface area contributed by atoms with Gasteiger partial charge in [0.1, 0.15) is 5.60 Å². The molecule has 5 nitrogen and oxygen atoms in total. The first-order valence-electron chi connectivity index (χ1n) is 6.12. The highest BCUT2D eigenvalue weighted by Crippen LogP contribution is 2.26. The molecule has 0 aliphatic carbocycles. The van der Waals surface area contributed by atoms with Crippen LogP contribution in [0.25, 0.3) is 10.9 Å². The van der Waals surface area contributed by atoms with Crippen LogP contribution in [0, 0.1) is 0 Å². The third-order valence-electron chi connectivity index (χ3n) is 2.98. The largest absolute Gasteiger partial charge is 0.475 e. The number of hydrogen-bond acceptors (Lipinski definition) is 4. The number of para-hydroxylation sites is 1. The summed E-state index contributed by atoms with van der Waals surface area (Å²) in [5.74, 6) is -1.10. The molecule has 0 saturated carbocycles. The van der Waals surface area contributed by atoms with Gasteiger partial charge >= 0.3 is 5.97 Å². The number of rotatable bonds is 4. The summed E-state index contributed by atoms with van der Waals surface area (Å²) in [6.45, 7) is 5.87. The Kier molecular flexibility index (Phi) is 3.38. The third kappa shape index (κ3) is 2.81. The second-order valence-corrected chi connectivity index (χ2v) is 4.89. The Bertz CT molecular complexity index is 623. The predicted molar refractivity (Wildman–Crippen MR) is 71.5 cm³/mol. The lowest BCUT2D eigenvalue weighted by atomic mass is 10.1. The van der Waals surface area contributed by atoms with Gasteiger partial charge in [-0.1, -0.05) is 19.1 Å². The number of aromatic carboxylic acids is 1. The molecule has 1 aromatic carbocycles. The van der Waals surface area contributed by atoms with Crippen LogP contribution in [0.5, 0.6) is 5.88 Å². The average Bonchev–Trinajstić information content (AvgIpc) is 2.38. The van der Waals surface area contributed by atoms with E-state index in [0.29, 0.717) is 16.8 Å². The van der Waals surface area contributed by atoms with Crippen molar-refractivity contribution < 1.29 is 14.6 Å². The van der Waals surface area contributed by atoms with Crippen LogP contribution >= 0.6 is 0 Å². The molecule has 1 N–H and O–H groups in total. The quantitative estimate of drug-likeness (QED) is 0.915. The maximum Gasteiger partial charge on any atom is 0.374 e. The molecule has 100 valence electrons. The first-order chi connectivity index (χ1) is 8.93. The molecule has 1 heterocycles. The number of carboxylic acid groups (broad SMARTS) is 1. The van der Waals surface area contributed by atoms with Gasteiger partial charge in [-0.15, -0.1) is 0 Å². The molecule has 2 rings (SSSR count). The van der Waals surface area contributed by atoms with Crippen LogP contribution < -0.4 is 4.74 Å². The van der Waals surface area contributed by atoms with Gasteiger partial charge in [0, 0.05) is 0 Å². The molecular weight excluding hydrogens is 244 g/mol. The fourth-order valence-electron chi connectivity index (χ4n) is 1.55. The molecule has 0 aliphatic rings. The van der Waals surface area contributed by atoms with E-state index >= 15 is 0 Å². The van der Waals surface area contributed by atoms with Crippen molar-refractivity contribution in [1.82, 2.24) is 9.97 Å². The summed E-state index contributed by atoms with van der Waals surface area (Å²) >= 11 is 0. The molecule has 2 aromatic rings. The minimum absolute atomic E-state index is 0.249. The maximum absolute atomic E-state index is 11.1. The van der Waals surface area contributed by atoms with Crippen LogP contribution in [-0.2, 0) is 0 Å². The zero-order chi connectivity index (χ0) is 14.0. The Labute approximate surface area is 111 Å². The summed E-state index contributed by atoms with van der Waals surface area (Å²) in [5.41, 5.74) is 0.157. The van der Waals surface area contributed by atoms with Gasteiger partial charge in [-0.05, 0) is 32.4 Å². The molecule has 19 heavy (non-hydrogen) atoms. The van der Waals surface area contributed by atoms with Crippen molar-refractivity contribution in [2.75, 3.05) is 0 Å². The van der Waals surface area contributed by atoms with Crippen molar-refractivity contribution in [1.29, 1.82) is 0 Å². The van der Waals surface area contributed by atoms with Crippen LogP contribution in [0.3, 0.4) is 0 Å². The number of nitrogens with zero attached hydrogens (tertiary/aromatic N) is 2. The van der Waals surface area contributed by atoms with Crippen molar-refractivity contribution in [3.05, 3.63) is 30.1 Å². The van der Waals surface area contributed by atoms with Crippen LogP contribution in [-0.4, -0.2) is 26.6 Å². The Balaban J connectivity index is 2.60. The maximum atomic E-state index is 11.1. The minimum Gasteiger partial charge on any atom is -0.475 e. The zero-order valence-corrected chi connectivity index (χ0v) is 11.2. The Morgan fingerprint density at radius 2 is 2.00 bits per heavy atom. The van der Waals surface area contributed by atoms with Gasteiger partial charge in [0.25, 0.3) is 0 Å². The summed E-state index contributed by atoms with van der Waals surface area (Å²) in [7, 11) is 0. The van der Waals surface area contributed by atoms with Gasteiger partial charge in [0.2, 0.25) is 11.7 Å². The van der Waals surface area contributed by atoms with E-state index in [1.165, 1.54) is 0 Å². The highest BCUT2D eigenvalue weighted by atomic mass is 16.5. The Morgan fingerprint density at radius 1 is 1.32 bits per heavy atom. The van der Waals surface area contributed by atoms with Crippen LogP contribution in [0.1, 0.15) is 37.8 Å². The topological polar surface area (TPSA) is 72.3 Å². The SMILES string of the molecule is CCC(C)(C)Oc1nc(C(=O)O)nc2ccccc12. The highest BCUT2D eigenvalue weighted by Gasteiger charge is 2.21. The van der Waals surface area contributed by atoms with E-state index in [0.717, 1.165) is 6.42 Å². The summed E-state index contributed by atoms with van der Waals surface area (Å²) < 4.78 is 5.84. The molecule has 0 atom stereocenters. The molecular formula is C14H16N2O3. The van der Waals surface area contributed by atoms with Crippen molar-refractivity contribution in [2.24, 2.45) is 0 Å². The zero-order valence-electron chi connectivity index (χ0n) is 11.2. The number of fused-ring (bicyclic) bond motifs is 1. The lowest BCUT2D eigenvalue weighted by Crippen LogP contribution is -2.27. The van der Waals surface area contributed by atoms with Gasteiger partial charge in [0.15, 0.2) is 0 Å². The smallest absolute Gasteiger partial charge is 0.374 e. The van der Waals surface area contributed by atoms with E-state index < -0.39 is 11.6 Å². The number of ether oxygens (including phenoxy) is 1. The standard InChI is InChI=1S/C14H16N2O3/c1-4-14(2,3)19-12-9-7-5-6-8-10(9)15-11(16-12)13(17)18/h5-8H,4H2,1-3H3,(H,17,18). The number of carboxylic acids is 1. The van der Waals surface area contributed by atoms with E-state index in [-0.39, 0.29) is 5.82 Å². The van der Waals surface area contributed by atoms with E-state index in [4.69, 9.17) is 9.84 Å². The van der Waals surface area contributed by atoms with E-state index in [2.05, 4.69) is 9.97 Å². The summed E-state index contributed by atoms with van der Waals surface area (Å²) in [5, 5.41) is 9.76. The average molecular weight is 260 g/mol. The van der Waals surface area contributed by atoms with Crippen molar-refractivity contribution in [3.8, 4) is 5.88 Å². The minimum atomic E-state index is -1.16. The molecule has 5 heteroatoms. The van der Waals surface area contributed by atoms with Gasteiger partial charge in [0.05, 0.1) is 10.9 Å². The Hall–Kier alpha value is -2.17. The lowest BCUT2D eigenvalue weighted by molar-refractivity contribution is 0.0674. The number of aromatic nitrogens is 2. The van der Waals surface area contributed by atoms with Gasteiger partial charge in [-0.25, -0.2) is 9.78 Å². The molecule has 0 aliphatic heterocycles. The molecule has 0 spiro atoms. The fraction of sp³-hybridized carbons (Fsp3) is 0.357. The number of hydrogen-bond donors (Lipinski definition) is 1. The fourth-order valence-corrected chi connectivity index (χ4v) is 1.55. The molecule has 0 amide bonds. The van der Waals surface area contributed by atoms with Gasteiger partial charge in [-0.3, -0.25) is 0 Å². The van der Waals surface area contributed by atoms with Crippen molar-refractivity contribution >= 4 is 16.9 Å². The molecule has 0 unspecified atom stereocenters. The molecule has 0 bridgehead atoms. The van der Waals surface area contributed by atoms with E-state index in [1.807, 2.05) is 32.9 Å².